The van der Waals surface area contributed by atoms with Gasteiger partial charge in [0.15, 0.2) is 0 Å². The number of carbonyl (C=O) groups excluding carboxylic acids is 1. The summed E-state index contributed by atoms with van der Waals surface area (Å²) in [5.41, 5.74) is 6.98. The van der Waals surface area contributed by atoms with Crippen molar-refractivity contribution in [2.24, 2.45) is 5.73 Å². The van der Waals surface area contributed by atoms with Crippen LogP contribution in [-0.2, 0) is 10.3 Å². The van der Waals surface area contributed by atoms with Crippen molar-refractivity contribution in [2.45, 2.75) is 31.2 Å². The highest BCUT2D eigenvalue weighted by molar-refractivity contribution is 7.12. The summed E-state index contributed by atoms with van der Waals surface area (Å²) in [7, 11) is 1.41. The number of rotatable bonds is 2. The van der Waals surface area contributed by atoms with E-state index >= 15 is 0 Å². The molecule has 1 heterocycles. The minimum Gasteiger partial charge on any atom is -0.465 e. The fourth-order valence-corrected chi connectivity index (χ4v) is 3.15. The number of esters is 1. The van der Waals surface area contributed by atoms with Crippen LogP contribution in [0.4, 0.5) is 0 Å². The van der Waals surface area contributed by atoms with Crippen molar-refractivity contribution in [3.05, 3.63) is 21.9 Å². The van der Waals surface area contributed by atoms with E-state index in [0.29, 0.717) is 4.88 Å². The van der Waals surface area contributed by atoms with E-state index in [-0.39, 0.29) is 11.5 Å². The van der Waals surface area contributed by atoms with Crippen LogP contribution in [0.5, 0.6) is 0 Å². The summed E-state index contributed by atoms with van der Waals surface area (Å²) >= 11 is 1.41. The molecule has 0 aromatic carbocycles. The molecule has 1 aliphatic carbocycles. The average Bonchev–Trinajstić information content (AvgIpc) is 2.85. The largest absolute Gasteiger partial charge is 0.465 e. The molecule has 1 fully saturated rings. The molecule has 0 atom stereocenters. The lowest BCUT2D eigenvalue weighted by Crippen LogP contribution is -2.34. The second kappa shape index (κ2) is 3.94. The molecular weight excluding hydrogens is 210 g/mol. The van der Waals surface area contributed by atoms with Gasteiger partial charge >= 0.3 is 5.97 Å². The molecule has 0 saturated heterocycles. The Hall–Kier alpha value is -0.870. The van der Waals surface area contributed by atoms with Gasteiger partial charge in [0.2, 0.25) is 0 Å². The first kappa shape index (κ1) is 10.6. The first-order valence-corrected chi connectivity index (χ1v) is 6.00. The Morgan fingerprint density at radius 2 is 2.20 bits per heavy atom. The van der Waals surface area contributed by atoms with E-state index in [4.69, 9.17) is 10.5 Å². The van der Waals surface area contributed by atoms with Gasteiger partial charge in [0.05, 0.1) is 7.11 Å². The Labute approximate surface area is 93.2 Å². The van der Waals surface area contributed by atoms with Crippen LogP contribution in [0.3, 0.4) is 0 Å². The average molecular weight is 225 g/mol. The fraction of sp³-hybridized carbons (Fsp3) is 0.545. The van der Waals surface area contributed by atoms with Gasteiger partial charge in [-0.3, -0.25) is 0 Å². The number of carbonyl (C=O) groups is 1. The first-order valence-electron chi connectivity index (χ1n) is 5.12. The van der Waals surface area contributed by atoms with E-state index in [1.165, 1.54) is 18.4 Å². The van der Waals surface area contributed by atoms with Gasteiger partial charge in [0.25, 0.3) is 0 Å². The Bertz CT molecular complexity index is 366. The first-order chi connectivity index (χ1) is 7.17. The number of nitrogens with two attached hydrogens (primary N) is 1. The monoisotopic (exact) mass is 225 g/mol. The van der Waals surface area contributed by atoms with E-state index in [2.05, 4.69) is 0 Å². The molecular formula is C11H15NO2S. The number of thiophene rings is 1. The highest BCUT2D eigenvalue weighted by Crippen LogP contribution is 2.39. The molecule has 0 aliphatic heterocycles. The molecule has 1 aliphatic rings. The molecule has 0 radical (unpaired) electrons. The Kier molecular flexibility index (Phi) is 2.80. The zero-order chi connectivity index (χ0) is 10.9. The van der Waals surface area contributed by atoms with Gasteiger partial charge in [0.1, 0.15) is 4.88 Å². The molecule has 82 valence electrons. The predicted molar refractivity (Wildman–Crippen MR) is 60.0 cm³/mol. The summed E-state index contributed by atoms with van der Waals surface area (Å²) in [5.74, 6) is -0.267. The summed E-state index contributed by atoms with van der Waals surface area (Å²) in [4.78, 5) is 12.2. The predicted octanol–water partition coefficient (Wildman–Crippen LogP) is 2.26. The third-order valence-corrected chi connectivity index (χ3v) is 3.96. The molecule has 0 amide bonds. The van der Waals surface area contributed by atoms with E-state index in [0.717, 1.165) is 31.2 Å². The van der Waals surface area contributed by atoms with E-state index in [1.807, 2.05) is 11.4 Å². The van der Waals surface area contributed by atoms with Crippen molar-refractivity contribution in [2.75, 3.05) is 7.11 Å². The van der Waals surface area contributed by atoms with Crippen LogP contribution in [0.1, 0.15) is 40.9 Å². The second-order valence-electron chi connectivity index (χ2n) is 4.02. The smallest absolute Gasteiger partial charge is 0.348 e. The van der Waals surface area contributed by atoms with Gasteiger partial charge in [-0.25, -0.2) is 4.79 Å². The van der Waals surface area contributed by atoms with Gasteiger partial charge in [0, 0.05) is 5.54 Å². The van der Waals surface area contributed by atoms with Crippen molar-refractivity contribution < 1.29 is 9.53 Å². The summed E-state index contributed by atoms with van der Waals surface area (Å²) < 4.78 is 4.76. The number of hydrogen-bond donors (Lipinski definition) is 1. The molecule has 0 spiro atoms. The lowest BCUT2D eigenvalue weighted by atomic mass is 9.90. The molecule has 15 heavy (non-hydrogen) atoms. The van der Waals surface area contributed by atoms with Crippen LogP contribution in [0, 0.1) is 0 Å². The minimum absolute atomic E-state index is 0.267. The molecule has 1 aromatic heterocycles. The third-order valence-electron chi connectivity index (χ3n) is 3.07. The SMILES string of the molecule is COC(=O)c1sccc1C1(N)CCCC1. The second-order valence-corrected chi connectivity index (χ2v) is 4.93. The van der Waals surface area contributed by atoms with Gasteiger partial charge < -0.3 is 10.5 Å². The number of methoxy groups -OCH3 is 1. The van der Waals surface area contributed by atoms with Crippen molar-refractivity contribution >= 4 is 17.3 Å². The number of ether oxygens (including phenoxy) is 1. The summed E-state index contributed by atoms with van der Waals surface area (Å²) in [6, 6.07) is 1.96. The van der Waals surface area contributed by atoms with Gasteiger partial charge in [-0.1, -0.05) is 12.8 Å². The standard InChI is InChI=1S/C11H15NO2S/c1-14-10(13)9-8(4-7-15-9)11(12)5-2-3-6-11/h4,7H,2-3,5-6,12H2,1H3. The zero-order valence-electron chi connectivity index (χ0n) is 8.79. The van der Waals surface area contributed by atoms with Crippen molar-refractivity contribution in [1.29, 1.82) is 0 Å². The molecule has 0 bridgehead atoms. The maximum Gasteiger partial charge on any atom is 0.348 e. The van der Waals surface area contributed by atoms with E-state index in [1.54, 1.807) is 0 Å². The topological polar surface area (TPSA) is 52.3 Å². The molecule has 4 heteroatoms. The van der Waals surface area contributed by atoms with E-state index < -0.39 is 0 Å². The normalized spacial score (nSPS) is 19.1. The van der Waals surface area contributed by atoms with Crippen molar-refractivity contribution in [3.8, 4) is 0 Å². The van der Waals surface area contributed by atoms with Crippen LogP contribution in [-0.4, -0.2) is 13.1 Å². The molecule has 1 aromatic rings. The van der Waals surface area contributed by atoms with Crippen LogP contribution in [0.2, 0.25) is 0 Å². The lowest BCUT2D eigenvalue weighted by molar-refractivity contribution is 0.0603. The minimum atomic E-state index is -0.302. The molecule has 3 nitrogen and oxygen atoms in total. The Morgan fingerprint density at radius 3 is 2.80 bits per heavy atom. The van der Waals surface area contributed by atoms with Gasteiger partial charge in [-0.2, -0.15) is 0 Å². The van der Waals surface area contributed by atoms with Crippen molar-refractivity contribution in [3.63, 3.8) is 0 Å². The Morgan fingerprint density at radius 1 is 1.53 bits per heavy atom. The zero-order valence-corrected chi connectivity index (χ0v) is 9.60. The van der Waals surface area contributed by atoms with Crippen LogP contribution in [0.25, 0.3) is 0 Å². The number of hydrogen-bond acceptors (Lipinski definition) is 4. The van der Waals surface area contributed by atoms with Gasteiger partial charge in [-0.15, -0.1) is 11.3 Å². The summed E-state index contributed by atoms with van der Waals surface area (Å²) in [5, 5.41) is 1.91. The van der Waals surface area contributed by atoms with Gasteiger partial charge in [-0.05, 0) is 29.9 Å². The highest BCUT2D eigenvalue weighted by Gasteiger charge is 2.35. The molecule has 0 unspecified atom stereocenters. The fourth-order valence-electron chi connectivity index (χ4n) is 2.23. The van der Waals surface area contributed by atoms with E-state index in [9.17, 15) is 4.79 Å². The third kappa shape index (κ3) is 1.79. The molecule has 2 N–H and O–H groups in total. The molecule has 2 rings (SSSR count). The van der Waals surface area contributed by atoms with Crippen molar-refractivity contribution in [1.82, 2.24) is 0 Å². The van der Waals surface area contributed by atoms with Crippen LogP contribution in [0.15, 0.2) is 11.4 Å². The molecule has 1 saturated carbocycles. The summed E-state index contributed by atoms with van der Waals surface area (Å²) in [6.07, 6.45) is 4.22. The summed E-state index contributed by atoms with van der Waals surface area (Å²) in [6.45, 7) is 0. The maximum atomic E-state index is 11.5. The Balaban J connectivity index is 2.35. The lowest BCUT2D eigenvalue weighted by Gasteiger charge is -2.23. The van der Waals surface area contributed by atoms with Crippen LogP contribution >= 0.6 is 11.3 Å². The maximum absolute atomic E-state index is 11.5. The highest BCUT2D eigenvalue weighted by atomic mass is 32.1. The quantitative estimate of drug-likeness (QED) is 0.785. The van der Waals surface area contributed by atoms with Crippen LogP contribution < -0.4 is 5.73 Å².